The Kier molecular flexibility index (Phi) is 4.87. The molecule has 0 unspecified atom stereocenters. The topological polar surface area (TPSA) is 185 Å². The summed E-state index contributed by atoms with van der Waals surface area (Å²) in [6.07, 6.45) is 0. The predicted molar refractivity (Wildman–Crippen MR) is 155 cm³/mol. The lowest BCUT2D eigenvalue weighted by atomic mass is 9.97. The van der Waals surface area contributed by atoms with Crippen LogP contribution in [0.1, 0.15) is 0 Å². The molecular formula is C28H16N4O8S2. The molecule has 8 aromatic rings. The van der Waals surface area contributed by atoms with E-state index >= 15 is 0 Å². The Hall–Kier alpha value is -5.02. The Balaban J connectivity index is 1.56. The Morgan fingerprint density at radius 1 is 0.524 bits per heavy atom. The molecule has 8 rings (SSSR count). The van der Waals surface area contributed by atoms with Gasteiger partial charge in [0.2, 0.25) is 0 Å². The SMILES string of the molecule is O=S(=O)(O)Oc1c2ccccc2c2n[nH]c3/c(=c4\ccc5c(OS(=O)(=O)O)c6ccccc6c6n[nH]c4c56)ccc1c32. The van der Waals surface area contributed by atoms with Gasteiger partial charge in [0, 0.05) is 53.5 Å². The molecule has 0 amide bonds. The molecule has 0 aliphatic carbocycles. The van der Waals surface area contributed by atoms with Gasteiger partial charge < -0.3 is 8.37 Å². The van der Waals surface area contributed by atoms with Crippen LogP contribution < -0.4 is 8.37 Å². The zero-order chi connectivity index (χ0) is 29.0. The van der Waals surface area contributed by atoms with E-state index in [2.05, 4.69) is 20.4 Å². The van der Waals surface area contributed by atoms with Crippen LogP contribution in [0.4, 0.5) is 0 Å². The third kappa shape index (κ3) is 3.53. The summed E-state index contributed by atoms with van der Waals surface area (Å²) >= 11 is 0. The predicted octanol–water partition coefficient (Wildman–Crippen LogP) is 5.14. The van der Waals surface area contributed by atoms with E-state index < -0.39 is 20.8 Å². The average Bonchev–Trinajstić information content (AvgIpc) is 3.59. The van der Waals surface area contributed by atoms with E-state index in [4.69, 9.17) is 8.37 Å². The minimum atomic E-state index is -4.84. The fourth-order valence-corrected chi connectivity index (χ4v) is 6.72. The van der Waals surface area contributed by atoms with Crippen LogP contribution in [0.2, 0.25) is 0 Å². The van der Waals surface area contributed by atoms with Crippen molar-refractivity contribution in [3.05, 3.63) is 83.2 Å². The molecule has 12 nitrogen and oxygen atoms in total. The van der Waals surface area contributed by atoms with E-state index in [1.165, 1.54) is 0 Å². The number of nitrogens with zero attached hydrogens (tertiary/aromatic N) is 2. The van der Waals surface area contributed by atoms with Crippen molar-refractivity contribution >= 4 is 86.0 Å². The van der Waals surface area contributed by atoms with Gasteiger partial charge in [-0.05, 0) is 12.1 Å². The summed E-state index contributed by atoms with van der Waals surface area (Å²) in [4.78, 5) is 0. The molecule has 2 heterocycles. The first kappa shape index (κ1) is 24.8. The van der Waals surface area contributed by atoms with Crippen molar-refractivity contribution in [1.82, 2.24) is 20.4 Å². The largest absolute Gasteiger partial charge is 0.446 e. The van der Waals surface area contributed by atoms with Gasteiger partial charge in [0.05, 0.1) is 11.0 Å². The van der Waals surface area contributed by atoms with Gasteiger partial charge in [0.15, 0.2) is 11.5 Å². The quantitative estimate of drug-likeness (QED) is 0.156. The molecule has 0 atom stereocenters. The van der Waals surface area contributed by atoms with Gasteiger partial charge in [0.1, 0.15) is 11.0 Å². The van der Waals surface area contributed by atoms with Crippen molar-refractivity contribution in [2.45, 2.75) is 0 Å². The maximum Gasteiger partial charge on any atom is 0.446 e. The number of benzene rings is 6. The van der Waals surface area contributed by atoms with Crippen LogP contribution in [0, 0.1) is 10.4 Å². The second-order valence-corrected chi connectivity index (χ2v) is 11.8. The molecule has 0 saturated heterocycles. The summed E-state index contributed by atoms with van der Waals surface area (Å²) in [5.74, 6) is -0.0639. The Morgan fingerprint density at radius 2 is 0.905 bits per heavy atom. The fourth-order valence-electron chi connectivity index (χ4n) is 5.94. The molecule has 14 heteroatoms. The van der Waals surface area contributed by atoms with Gasteiger partial charge in [-0.1, -0.05) is 60.7 Å². The fraction of sp³-hybridized carbons (Fsp3) is 0. The van der Waals surface area contributed by atoms with Gasteiger partial charge in [-0.2, -0.15) is 27.0 Å². The van der Waals surface area contributed by atoms with Crippen LogP contribution in [0.15, 0.2) is 72.8 Å². The highest BCUT2D eigenvalue weighted by Gasteiger charge is 2.23. The molecule has 0 aliphatic rings. The van der Waals surface area contributed by atoms with Crippen LogP contribution in [-0.4, -0.2) is 46.3 Å². The smallest absolute Gasteiger partial charge is 0.360 e. The third-order valence-electron chi connectivity index (χ3n) is 7.45. The van der Waals surface area contributed by atoms with Gasteiger partial charge >= 0.3 is 20.8 Å². The molecule has 4 N–H and O–H groups in total. The molecule has 42 heavy (non-hydrogen) atoms. The van der Waals surface area contributed by atoms with Crippen molar-refractivity contribution in [3.63, 3.8) is 0 Å². The van der Waals surface area contributed by atoms with Gasteiger partial charge in [-0.3, -0.25) is 19.3 Å². The van der Waals surface area contributed by atoms with Crippen LogP contribution >= 0.6 is 0 Å². The summed E-state index contributed by atoms with van der Waals surface area (Å²) in [6, 6.07) is 20.8. The molecule has 6 aromatic carbocycles. The highest BCUT2D eigenvalue weighted by molar-refractivity contribution is 7.81. The lowest BCUT2D eigenvalue weighted by Crippen LogP contribution is -2.07. The molecule has 0 fully saturated rings. The minimum Gasteiger partial charge on any atom is -0.360 e. The minimum absolute atomic E-state index is 0.0320. The Morgan fingerprint density at radius 3 is 1.29 bits per heavy atom. The Labute approximate surface area is 235 Å². The molecule has 0 spiro atoms. The first-order chi connectivity index (χ1) is 20.1. The molecule has 208 valence electrons. The number of fused-ring (bicyclic) bond motifs is 4. The number of hydrogen-bond donors (Lipinski definition) is 4. The van der Waals surface area contributed by atoms with Crippen LogP contribution in [0.5, 0.6) is 11.5 Å². The second-order valence-electron chi connectivity index (χ2n) is 9.74. The Bertz CT molecular complexity index is 2560. The van der Waals surface area contributed by atoms with E-state index in [0.717, 1.165) is 0 Å². The van der Waals surface area contributed by atoms with Crippen LogP contribution in [-0.2, 0) is 20.8 Å². The average molecular weight is 601 g/mol. The van der Waals surface area contributed by atoms with Gasteiger partial charge in [-0.15, -0.1) is 0 Å². The first-order valence-electron chi connectivity index (χ1n) is 12.4. The first-order valence-corrected chi connectivity index (χ1v) is 15.1. The highest BCUT2D eigenvalue weighted by atomic mass is 32.3. The molecule has 0 aliphatic heterocycles. The van der Waals surface area contributed by atoms with Crippen molar-refractivity contribution in [2.24, 2.45) is 0 Å². The standard InChI is InChI=1S/C28H16N4O8S2/c33-41(34,35)39-27-17-7-3-1-5-13(17)23-21-19(27)11-9-15(25(21)31-29-23)16-10-12-20-22-24(30-32-26(16)22)14-6-2-4-8-18(14)28(20)40-42(36,37)38/h1-12H,(H,29,31)(H,30,32)(H,33,34,35)(H,36,37,38)/b16-15+. The number of aromatic nitrogens is 4. The monoisotopic (exact) mass is 600 g/mol. The lowest BCUT2D eigenvalue weighted by Gasteiger charge is -2.11. The summed E-state index contributed by atoms with van der Waals surface area (Å²) in [7, 11) is -9.67. The summed E-state index contributed by atoms with van der Waals surface area (Å²) < 4.78 is 76.4. The number of rotatable bonds is 4. The third-order valence-corrected chi connectivity index (χ3v) is 8.21. The van der Waals surface area contributed by atoms with Crippen molar-refractivity contribution < 1.29 is 34.3 Å². The number of H-pyrrole nitrogens is 2. The van der Waals surface area contributed by atoms with E-state index in [1.807, 2.05) is 0 Å². The molecule has 0 radical (unpaired) electrons. The zero-order valence-corrected chi connectivity index (χ0v) is 22.6. The molecule has 0 bridgehead atoms. The van der Waals surface area contributed by atoms with Crippen LogP contribution in [0.3, 0.4) is 0 Å². The van der Waals surface area contributed by atoms with Gasteiger partial charge in [0.25, 0.3) is 0 Å². The van der Waals surface area contributed by atoms with E-state index in [1.54, 1.807) is 72.8 Å². The summed E-state index contributed by atoms with van der Waals surface area (Å²) in [5.41, 5.74) is 2.28. The maximum atomic E-state index is 11.8. The van der Waals surface area contributed by atoms with Crippen molar-refractivity contribution in [2.75, 3.05) is 0 Å². The van der Waals surface area contributed by atoms with Crippen LogP contribution in [0.25, 0.3) is 65.2 Å². The molecule has 2 aromatic heterocycles. The van der Waals surface area contributed by atoms with Crippen molar-refractivity contribution in [3.8, 4) is 11.5 Å². The normalized spacial score (nSPS) is 13.8. The number of nitrogens with one attached hydrogen (secondary N) is 2. The van der Waals surface area contributed by atoms with E-state index in [0.29, 0.717) is 75.6 Å². The van der Waals surface area contributed by atoms with E-state index in [-0.39, 0.29) is 11.5 Å². The molecule has 0 saturated carbocycles. The van der Waals surface area contributed by atoms with Gasteiger partial charge in [-0.25, -0.2) is 0 Å². The zero-order valence-electron chi connectivity index (χ0n) is 21.0. The second kappa shape index (κ2) is 8.27. The summed E-state index contributed by atoms with van der Waals surface area (Å²) in [5, 5.41) is 20.7. The lowest BCUT2D eigenvalue weighted by molar-refractivity contribution is 0.387. The highest BCUT2D eigenvalue weighted by Crippen LogP contribution is 2.43. The molecular weight excluding hydrogens is 584 g/mol. The number of hydrogen-bond acceptors (Lipinski definition) is 8. The van der Waals surface area contributed by atoms with E-state index in [9.17, 15) is 25.9 Å². The number of aromatic amines is 2. The maximum absolute atomic E-state index is 11.8. The van der Waals surface area contributed by atoms with Crippen molar-refractivity contribution in [1.29, 1.82) is 0 Å². The summed E-state index contributed by atoms with van der Waals surface area (Å²) in [6.45, 7) is 0.